The molecule has 8 nitrogen and oxygen atoms in total. The van der Waals surface area contributed by atoms with Gasteiger partial charge in [0.15, 0.2) is 24.7 Å². The van der Waals surface area contributed by atoms with Crippen LogP contribution in [0.15, 0.2) is 42.5 Å². The molecule has 1 N–H and O–H groups in total. The minimum absolute atomic E-state index is 0.0858. The van der Waals surface area contributed by atoms with Crippen molar-refractivity contribution in [3.05, 3.63) is 59.4 Å². The second kappa shape index (κ2) is 12.6. The quantitative estimate of drug-likeness (QED) is 0.534. The molecule has 0 bridgehead atoms. The maximum atomic E-state index is 12.9. The van der Waals surface area contributed by atoms with Crippen molar-refractivity contribution >= 4 is 17.8 Å². The molecule has 3 rings (SSSR count). The molecule has 1 heterocycles. The number of nitrogens with zero attached hydrogens (tertiary/aromatic N) is 1. The first-order valence-corrected chi connectivity index (χ1v) is 11.3. The molecule has 1 fully saturated rings. The summed E-state index contributed by atoms with van der Waals surface area (Å²) in [5, 5.41) is 2.60. The number of likely N-dealkylation sites (tertiary alicyclic amines) is 1. The van der Waals surface area contributed by atoms with Gasteiger partial charge in [0, 0.05) is 19.6 Å². The van der Waals surface area contributed by atoms with Gasteiger partial charge in [0.25, 0.3) is 11.8 Å². The van der Waals surface area contributed by atoms with Crippen molar-refractivity contribution in [3.8, 4) is 11.5 Å². The van der Waals surface area contributed by atoms with Crippen LogP contribution in [0.5, 0.6) is 11.5 Å². The zero-order valence-electron chi connectivity index (χ0n) is 19.2. The molecule has 182 valence electrons. The number of ether oxygens (including phenoxy) is 3. The highest BCUT2D eigenvalue weighted by Crippen LogP contribution is 2.29. The third kappa shape index (κ3) is 7.47. The molecule has 34 heavy (non-hydrogen) atoms. The van der Waals surface area contributed by atoms with E-state index in [0.717, 1.165) is 37.9 Å². The Kier molecular flexibility index (Phi) is 9.25. The SMILES string of the molecule is CCOc1cc(C(=O)OCC(=O)NCc2ccc(F)cc2)ccc1OCC(=O)N1CCCCC1. The number of nitrogens with one attached hydrogen (secondary N) is 1. The van der Waals surface area contributed by atoms with E-state index >= 15 is 0 Å². The Hall–Kier alpha value is -3.62. The first-order chi connectivity index (χ1) is 16.5. The van der Waals surface area contributed by atoms with Crippen LogP contribution in [0, 0.1) is 5.82 Å². The molecule has 0 aliphatic carbocycles. The summed E-state index contributed by atoms with van der Waals surface area (Å²) in [6.07, 6.45) is 3.13. The summed E-state index contributed by atoms with van der Waals surface area (Å²) in [7, 11) is 0. The van der Waals surface area contributed by atoms with E-state index in [4.69, 9.17) is 14.2 Å². The van der Waals surface area contributed by atoms with Crippen LogP contribution >= 0.6 is 0 Å². The first-order valence-electron chi connectivity index (χ1n) is 11.3. The summed E-state index contributed by atoms with van der Waals surface area (Å²) >= 11 is 0. The van der Waals surface area contributed by atoms with Crippen LogP contribution in [0.3, 0.4) is 0 Å². The Morgan fingerprint density at radius 1 is 0.941 bits per heavy atom. The Labute approximate surface area is 198 Å². The van der Waals surface area contributed by atoms with Crippen LogP contribution in [0.1, 0.15) is 42.1 Å². The van der Waals surface area contributed by atoms with Crippen molar-refractivity contribution in [2.75, 3.05) is 32.9 Å². The van der Waals surface area contributed by atoms with Gasteiger partial charge in [0.2, 0.25) is 0 Å². The first kappa shape index (κ1) is 25.0. The average molecular weight is 473 g/mol. The predicted molar refractivity (Wildman–Crippen MR) is 122 cm³/mol. The molecule has 0 spiro atoms. The van der Waals surface area contributed by atoms with Gasteiger partial charge in [-0.05, 0) is 62.1 Å². The molecular weight excluding hydrogens is 443 g/mol. The van der Waals surface area contributed by atoms with Crippen LogP contribution in [0.4, 0.5) is 4.39 Å². The number of halogens is 1. The van der Waals surface area contributed by atoms with E-state index in [0.29, 0.717) is 18.1 Å². The molecule has 1 saturated heterocycles. The highest BCUT2D eigenvalue weighted by atomic mass is 19.1. The smallest absolute Gasteiger partial charge is 0.338 e. The molecule has 0 unspecified atom stereocenters. The molecule has 2 amide bonds. The topological polar surface area (TPSA) is 94.2 Å². The number of esters is 1. The number of hydrogen-bond acceptors (Lipinski definition) is 6. The Bertz CT molecular complexity index is 989. The largest absolute Gasteiger partial charge is 0.490 e. The summed E-state index contributed by atoms with van der Waals surface area (Å²) in [6, 6.07) is 10.2. The number of rotatable bonds is 10. The standard InChI is InChI=1S/C25H29FN2O6/c1-2-32-22-14-19(8-11-21(22)33-17-24(30)28-12-4-3-5-13-28)25(31)34-16-23(29)27-15-18-6-9-20(26)10-7-18/h6-11,14H,2-5,12-13,15-17H2,1H3,(H,27,29). The summed E-state index contributed by atoms with van der Waals surface area (Å²) < 4.78 is 29.2. The highest BCUT2D eigenvalue weighted by molar-refractivity contribution is 5.92. The Morgan fingerprint density at radius 3 is 2.38 bits per heavy atom. The van der Waals surface area contributed by atoms with Crippen LogP contribution in [0.25, 0.3) is 0 Å². The van der Waals surface area contributed by atoms with Crippen LogP contribution < -0.4 is 14.8 Å². The number of amides is 2. The number of benzene rings is 2. The van der Waals surface area contributed by atoms with Gasteiger partial charge in [0.1, 0.15) is 5.82 Å². The lowest BCUT2D eigenvalue weighted by molar-refractivity contribution is -0.134. The number of carbonyl (C=O) groups excluding carboxylic acids is 3. The number of piperidine rings is 1. The van der Waals surface area contributed by atoms with Gasteiger partial charge >= 0.3 is 5.97 Å². The van der Waals surface area contributed by atoms with Crippen LogP contribution in [-0.2, 0) is 20.9 Å². The normalized spacial score (nSPS) is 13.2. The zero-order valence-corrected chi connectivity index (χ0v) is 19.2. The van der Waals surface area contributed by atoms with E-state index in [1.165, 1.54) is 24.3 Å². The molecular formula is C25H29FN2O6. The van der Waals surface area contributed by atoms with Crippen molar-refractivity contribution in [1.82, 2.24) is 10.2 Å². The minimum Gasteiger partial charge on any atom is -0.490 e. The summed E-state index contributed by atoms with van der Waals surface area (Å²) in [6.45, 7) is 3.21. The molecule has 2 aromatic carbocycles. The zero-order chi connectivity index (χ0) is 24.3. The second-order valence-electron chi connectivity index (χ2n) is 7.80. The lowest BCUT2D eigenvalue weighted by atomic mass is 10.1. The summed E-state index contributed by atoms with van der Waals surface area (Å²) in [4.78, 5) is 38.5. The fraction of sp³-hybridized carbons (Fsp3) is 0.400. The lowest BCUT2D eigenvalue weighted by Gasteiger charge is -2.26. The maximum absolute atomic E-state index is 12.9. The van der Waals surface area contributed by atoms with Crippen molar-refractivity contribution in [1.29, 1.82) is 0 Å². The van der Waals surface area contributed by atoms with Gasteiger partial charge in [-0.1, -0.05) is 12.1 Å². The van der Waals surface area contributed by atoms with E-state index in [2.05, 4.69) is 5.32 Å². The van der Waals surface area contributed by atoms with E-state index in [9.17, 15) is 18.8 Å². The van der Waals surface area contributed by atoms with Gasteiger partial charge in [-0.25, -0.2) is 9.18 Å². The van der Waals surface area contributed by atoms with Crippen molar-refractivity contribution < 1.29 is 33.0 Å². The summed E-state index contributed by atoms with van der Waals surface area (Å²) in [5.74, 6) is -0.976. The van der Waals surface area contributed by atoms with Crippen molar-refractivity contribution in [2.45, 2.75) is 32.7 Å². The van der Waals surface area contributed by atoms with Crippen molar-refractivity contribution in [3.63, 3.8) is 0 Å². The van der Waals surface area contributed by atoms with E-state index in [1.807, 2.05) is 0 Å². The third-order valence-corrected chi connectivity index (χ3v) is 5.28. The van der Waals surface area contributed by atoms with E-state index in [-0.39, 0.29) is 30.4 Å². The highest BCUT2D eigenvalue weighted by Gasteiger charge is 2.19. The van der Waals surface area contributed by atoms with Gasteiger partial charge in [-0.15, -0.1) is 0 Å². The van der Waals surface area contributed by atoms with E-state index in [1.54, 1.807) is 30.0 Å². The van der Waals surface area contributed by atoms with Crippen LogP contribution in [0.2, 0.25) is 0 Å². The van der Waals surface area contributed by atoms with Gasteiger partial charge in [0.05, 0.1) is 12.2 Å². The predicted octanol–water partition coefficient (Wildman–Crippen LogP) is 3.09. The molecule has 1 aliphatic rings. The van der Waals surface area contributed by atoms with E-state index < -0.39 is 18.5 Å². The molecule has 0 atom stereocenters. The number of carbonyl (C=O) groups is 3. The Balaban J connectivity index is 1.51. The third-order valence-electron chi connectivity index (χ3n) is 5.28. The van der Waals surface area contributed by atoms with Gasteiger partial charge < -0.3 is 24.4 Å². The fourth-order valence-electron chi connectivity index (χ4n) is 3.47. The summed E-state index contributed by atoms with van der Waals surface area (Å²) in [5.41, 5.74) is 0.904. The fourth-order valence-corrected chi connectivity index (χ4v) is 3.47. The van der Waals surface area contributed by atoms with Gasteiger partial charge in [-0.2, -0.15) is 0 Å². The maximum Gasteiger partial charge on any atom is 0.338 e. The van der Waals surface area contributed by atoms with Crippen LogP contribution in [-0.4, -0.2) is 55.6 Å². The molecule has 9 heteroatoms. The molecule has 0 saturated carbocycles. The average Bonchev–Trinajstić information content (AvgIpc) is 2.86. The second-order valence-corrected chi connectivity index (χ2v) is 7.80. The molecule has 2 aromatic rings. The monoisotopic (exact) mass is 472 g/mol. The lowest BCUT2D eigenvalue weighted by Crippen LogP contribution is -2.38. The molecule has 0 radical (unpaired) electrons. The molecule has 0 aromatic heterocycles. The van der Waals surface area contributed by atoms with Crippen molar-refractivity contribution in [2.24, 2.45) is 0 Å². The molecule has 1 aliphatic heterocycles. The van der Waals surface area contributed by atoms with Gasteiger partial charge in [-0.3, -0.25) is 9.59 Å². The Morgan fingerprint density at radius 2 is 1.68 bits per heavy atom. The number of hydrogen-bond donors (Lipinski definition) is 1. The minimum atomic E-state index is -0.700.